The van der Waals surface area contributed by atoms with E-state index in [0.29, 0.717) is 24.8 Å². The molecule has 4 rings (SSSR count). The summed E-state index contributed by atoms with van der Waals surface area (Å²) in [4.78, 5) is 11.7. The van der Waals surface area contributed by atoms with Crippen LogP contribution in [0.2, 0.25) is 0 Å². The third-order valence-electron chi connectivity index (χ3n) is 4.81. The second kappa shape index (κ2) is 5.75. The van der Waals surface area contributed by atoms with Gasteiger partial charge in [-0.1, -0.05) is 0 Å². The highest BCUT2D eigenvalue weighted by atomic mass is 32.2. The van der Waals surface area contributed by atoms with Gasteiger partial charge in [-0.25, -0.2) is 8.42 Å². The summed E-state index contributed by atoms with van der Waals surface area (Å²) in [7, 11) is -3.51. The predicted molar refractivity (Wildman–Crippen MR) is 90.2 cm³/mol. The van der Waals surface area contributed by atoms with E-state index in [4.69, 9.17) is 0 Å². The number of carbonyl (C=O) groups excluding carboxylic acids is 1. The van der Waals surface area contributed by atoms with Crippen molar-refractivity contribution in [2.24, 2.45) is 0 Å². The number of rotatable bonds is 3. The van der Waals surface area contributed by atoms with Gasteiger partial charge in [-0.3, -0.25) is 4.79 Å². The lowest BCUT2D eigenvalue weighted by Gasteiger charge is -2.32. The smallest absolute Gasteiger partial charge is 0.243 e. The van der Waals surface area contributed by atoms with Gasteiger partial charge < -0.3 is 9.88 Å². The Balaban J connectivity index is 1.52. The van der Waals surface area contributed by atoms with Crippen molar-refractivity contribution in [1.29, 1.82) is 0 Å². The molecule has 126 valence electrons. The molecule has 1 fully saturated rings. The molecule has 1 amide bonds. The molecule has 3 heterocycles. The zero-order chi connectivity index (χ0) is 16.7. The maximum atomic E-state index is 12.9. The molecule has 1 saturated heterocycles. The van der Waals surface area contributed by atoms with Gasteiger partial charge in [0.2, 0.25) is 15.9 Å². The number of amides is 1. The Morgan fingerprint density at radius 3 is 2.50 bits per heavy atom. The van der Waals surface area contributed by atoms with Crippen LogP contribution in [0, 0.1) is 0 Å². The lowest BCUT2D eigenvalue weighted by atomic mass is 10.1. The summed E-state index contributed by atoms with van der Waals surface area (Å²) in [6.07, 6.45) is 5.91. The summed E-state index contributed by atoms with van der Waals surface area (Å²) in [6.45, 7) is 1.03. The van der Waals surface area contributed by atoms with Gasteiger partial charge in [0, 0.05) is 37.2 Å². The SMILES string of the molecule is O=C1Cc2cc(S(=O)(=O)N3CCC(n4cccc4)CC3)ccc2N1. The Kier molecular flexibility index (Phi) is 3.69. The summed E-state index contributed by atoms with van der Waals surface area (Å²) in [5.41, 5.74) is 1.47. The van der Waals surface area contributed by atoms with Crippen molar-refractivity contribution < 1.29 is 13.2 Å². The number of hydrogen-bond donors (Lipinski definition) is 1. The van der Waals surface area contributed by atoms with Crippen LogP contribution in [0.25, 0.3) is 0 Å². The minimum atomic E-state index is -3.51. The topological polar surface area (TPSA) is 71.4 Å². The Hall–Kier alpha value is -2.12. The van der Waals surface area contributed by atoms with Crippen LogP contribution in [0.5, 0.6) is 0 Å². The summed E-state index contributed by atoms with van der Waals surface area (Å²) < 4.78 is 29.5. The zero-order valence-electron chi connectivity index (χ0n) is 13.2. The number of nitrogens with zero attached hydrogens (tertiary/aromatic N) is 2. The molecule has 0 atom stereocenters. The first kappa shape index (κ1) is 15.4. The summed E-state index contributed by atoms with van der Waals surface area (Å²) in [6, 6.07) is 9.22. The lowest BCUT2D eigenvalue weighted by molar-refractivity contribution is -0.115. The Bertz CT molecular complexity index is 866. The van der Waals surface area contributed by atoms with Crippen LogP contribution in [-0.4, -0.2) is 36.3 Å². The van der Waals surface area contributed by atoms with E-state index in [1.54, 1.807) is 22.5 Å². The average molecular weight is 345 g/mol. The molecular weight excluding hydrogens is 326 g/mol. The number of fused-ring (bicyclic) bond motifs is 1. The second-order valence-electron chi connectivity index (χ2n) is 6.31. The molecule has 6 nitrogen and oxygen atoms in total. The van der Waals surface area contributed by atoms with Crippen molar-refractivity contribution in [3.8, 4) is 0 Å². The van der Waals surface area contributed by atoms with E-state index in [-0.39, 0.29) is 17.2 Å². The first-order valence-electron chi connectivity index (χ1n) is 8.09. The summed E-state index contributed by atoms with van der Waals surface area (Å²) in [5.74, 6) is -0.0907. The molecule has 0 bridgehead atoms. The highest BCUT2D eigenvalue weighted by Gasteiger charge is 2.31. The van der Waals surface area contributed by atoms with Crippen molar-refractivity contribution in [3.63, 3.8) is 0 Å². The van der Waals surface area contributed by atoms with E-state index >= 15 is 0 Å². The normalized spacial score (nSPS) is 19.2. The van der Waals surface area contributed by atoms with Gasteiger partial charge in [0.15, 0.2) is 0 Å². The van der Waals surface area contributed by atoms with Gasteiger partial charge in [-0.2, -0.15) is 4.31 Å². The third kappa shape index (κ3) is 2.63. The first-order valence-corrected chi connectivity index (χ1v) is 9.53. The van der Waals surface area contributed by atoms with Gasteiger partial charge in [0.25, 0.3) is 0 Å². The fourth-order valence-corrected chi connectivity index (χ4v) is 5.01. The third-order valence-corrected chi connectivity index (χ3v) is 6.71. The van der Waals surface area contributed by atoms with Crippen molar-refractivity contribution >= 4 is 21.6 Å². The van der Waals surface area contributed by atoms with Crippen molar-refractivity contribution in [2.75, 3.05) is 18.4 Å². The number of sulfonamides is 1. The lowest BCUT2D eigenvalue weighted by Crippen LogP contribution is -2.38. The van der Waals surface area contributed by atoms with Crippen LogP contribution >= 0.6 is 0 Å². The molecule has 0 saturated carbocycles. The molecule has 2 aliphatic rings. The van der Waals surface area contributed by atoms with Crippen LogP contribution in [0.15, 0.2) is 47.6 Å². The number of benzene rings is 1. The van der Waals surface area contributed by atoms with Crippen LogP contribution in [0.1, 0.15) is 24.4 Å². The molecule has 0 aliphatic carbocycles. The van der Waals surface area contributed by atoms with Crippen LogP contribution < -0.4 is 5.32 Å². The summed E-state index contributed by atoms with van der Waals surface area (Å²) >= 11 is 0. The quantitative estimate of drug-likeness (QED) is 0.925. The molecular formula is C17H19N3O3S. The van der Waals surface area contributed by atoms with E-state index in [9.17, 15) is 13.2 Å². The predicted octanol–water partition coefficient (Wildman–Crippen LogP) is 2.01. The van der Waals surface area contributed by atoms with Gasteiger partial charge >= 0.3 is 0 Å². The maximum Gasteiger partial charge on any atom is 0.243 e. The van der Waals surface area contributed by atoms with E-state index in [0.717, 1.165) is 18.4 Å². The van der Waals surface area contributed by atoms with Crippen molar-refractivity contribution in [2.45, 2.75) is 30.2 Å². The first-order chi connectivity index (χ1) is 11.5. The molecule has 7 heteroatoms. The number of nitrogens with one attached hydrogen (secondary N) is 1. The van der Waals surface area contributed by atoms with Gasteiger partial charge in [-0.05, 0) is 48.7 Å². The fraction of sp³-hybridized carbons (Fsp3) is 0.353. The molecule has 2 aliphatic heterocycles. The summed E-state index contributed by atoms with van der Waals surface area (Å²) in [5, 5.41) is 2.73. The molecule has 2 aromatic rings. The molecule has 0 radical (unpaired) electrons. The van der Waals surface area contributed by atoms with E-state index < -0.39 is 10.0 Å². The standard InChI is InChI=1S/C17H19N3O3S/c21-17-12-13-11-15(3-4-16(13)18-17)24(22,23)20-9-5-14(6-10-20)19-7-1-2-8-19/h1-4,7-8,11,14H,5-6,9-10,12H2,(H,18,21). The zero-order valence-corrected chi connectivity index (χ0v) is 14.0. The largest absolute Gasteiger partial charge is 0.351 e. The highest BCUT2D eigenvalue weighted by Crippen LogP contribution is 2.30. The van der Waals surface area contributed by atoms with Gasteiger partial charge in [0.05, 0.1) is 11.3 Å². The average Bonchev–Trinajstić information content (AvgIpc) is 3.22. The van der Waals surface area contributed by atoms with E-state index in [1.165, 1.54) is 0 Å². The maximum absolute atomic E-state index is 12.9. The minimum Gasteiger partial charge on any atom is -0.351 e. The number of carbonyl (C=O) groups is 1. The van der Waals surface area contributed by atoms with Crippen LogP contribution in [0.4, 0.5) is 5.69 Å². The number of piperidine rings is 1. The van der Waals surface area contributed by atoms with Gasteiger partial charge in [0.1, 0.15) is 0 Å². The van der Waals surface area contributed by atoms with Crippen LogP contribution in [0.3, 0.4) is 0 Å². The Labute approximate surface area is 141 Å². The highest BCUT2D eigenvalue weighted by molar-refractivity contribution is 7.89. The number of hydrogen-bond acceptors (Lipinski definition) is 3. The van der Waals surface area contributed by atoms with Crippen LogP contribution in [-0.2, 0) is 21.2 Å². The molecule has 0 unspecified atom stereocenters. The molecule has 24 heavy (non-hydrogen) atoms. The Morgan fingerprint density at radius 1 is 1.08 bits per heavy atom. The molecule has 1 N–H and O–H groups in total. The fourth-order valence-electron chi connectivity index (χ4n) is 3.49. The van der Waals surface area contributed by atoms with E-state index in [2.05, 4.69) is 9.88 Å². The number of aromatic nitrogens is 1. The molecule has 1 aromatic carbocycles. The molecule has 0 spiro atoms. The second-order valence-corrected chi connectivity index (χ2v) is 8.25. The minimum absolute atomic E-state index is 0.0907. The van der Waals surface area contributed by atoms with E-state index in [1.807, 2.05) is 24.5 Å². The van der Waals surface area contributed by atoms with Crippen molar-refractivity contribution in [3.05, 3.63) is 48.3 Å². The monoisotopic (exact) mass is 345 g/mol. The molecule has 1 aromatic heterocycles. The Morgan fingerprint density at radius 2 is 1.79 bits per heavy atom. The van der Waals surface area contributed by atoms with Crippen molar-refractivity contribution in [1.82, 2.24) is 8.87 Å². The number of anilines is 1. The van der Waals surface area contributed by atoms with Gasteiger partial charge in [-0.15, -0.1) is 0 Å².